The number of nitrogens with zero attached hydrogens (tertiary/aromatic N) is 1. The summed E-state index contributed by atoms with van der Waals surface area (Å²) in [6, 6.07) is 6.23. The van der Waals surface area contributed by atoms with E-state index in [1.807, 2.05) is 12.1 Å². The first-order chi connectivity index (χ1) is 10.0. The zero-order valence-corrected chi connectivity index (χ0v) is 14.2. The van der Waals surface area contributed by atoms with E-state index in [0.29, 0.717) is 13.2 Å². The molecule has 0 saturated carbocycles. The molecule has 1 aliphatic rings. The lowest BCUT2D eigenvalue weighted by Gasteiger charge is -2.30. The quantitative estimate of drug-likeness (QED) is 0.815. The first-order valence-corrected chi connectivity index (χ1v) is 7.71. The van der Waals surface area contributed by atoms with Crippen LogP contribution in [0.25, 0.3) is 0 Å². The summed E-state index contributed by atoms with van der Waals surface area (Å²) in [7, 11) is 0. The highest BCUT2D eigenvalue weighted by Gasteiger charge is 2.24. The summed E-state index contributed by atoms with van der Waals surface area (Å²) in [5.41, 5.74) is 2.43. The molecule has 1 unspecified atom stereocenters. The zero-order valence-electron chi connectivity index (χ0n) is 13.4. The molecule has 124 valence electrons. The van der Waals surface area contributed by atoms with Crippen molar-refractivity contribution in [3.05, 3.63) is 29.3 Å². The van der Waals surface area contributed by atoms with Gasteiger partial charge in [-0.25, -0.2) is 0 Å². The van der Waals surface area contributed by atoms with Gasteiger partial charge in [0.1, 0.15) is 5.75 Å². The van der Waals surface area contributed by atoms with Crippen molar-refractivity contribution in [2.24, 2.45) is 5.92 Å². The first-order valence-electron chi connectivity index (χ1n) is 7.71. The van der Waals surface area contributed by atoms with Gasteiger partial charge >= 0.3 is 5.97 Å². The van der Waals surface area contributed by atoms with Crippen LogP contribution in [0, 0.1) is 19.8 Å². The Morgan fingerprint density at radius 3 is 2.64 bits per heavy atom. The number of piperidine rings is 1. The van der Waals surface area contributed by atoms with Gasteiger partial charge in [-0.15, -0.1) is 12.4 Å². The van der Waals surface area contributed by atoms with E-state index in [2.05, 4.69) is 24.8 Å². The van der Waals surface area contributed by atoms with Crippen LogP contribution in [0.5, 0.6) is 5.75 Å². The van der Waals surface area contributed by atoms with E-state index in [1.54, 1.807) is 0 Å². The number of hydrogen-bond acceptors (Lipinski definition) is 3. The molecule has 1 aromatic carbocycles. The minimum atomic E-state index is -0.661. The monoisotopic (exact) mass is 327 g/mol. The molecule has 5 heteroatoms. The summed E-state index contributed by atoms with van der Waals surface area (Å²) >= 11 is 0. The highest BCUT2D eigenvalue weighted by molar-refractivity contribution is 5.85. The molecule has 0 bridgehead atoms. The van der Waals surface area contributed by atoms with Gasteiger partial charge in [0.2, 0.25) is 0 Å². The van der Waals surface area contributed by atoms with E-state index < -0.39 is 5.97 Å². The number of carboxylic acids is 1. The molecule has 1 fully saturated rings. The second kappa shape index (κ2) is 9.01. The molecule has 0 radical (unpaired) electrons. The van der Waals surface area contributed by atoms with Gasteiger partial charge in [-0.3, -0.25) is 4.79 Å². The van der Waals surface area contributed by atoms with Gasteiger partial charge in [-0.2, -0.15) is 0 Å². The lowest BCUT2D eigenvalue weighted by molar-refractivity contribution is -0.143. The van der Waals surface area contributed by atoms with Gasteiger partial charge in [0.15, 0.2) is 0 Å². The Balaban J connectivity index is 0.00000242. The number of aliphatic carboxylic acids is 1. The van der Waals surface area contributed by atoms with Crippen molar-refractivity contribution in [3.8, 4) is 5.75 Å². The molecule has 4 nitrogen and oxygen atoms in total. The molecule has 2 rings (SSSR count). The molecule has 0 amide bonds. The predicted molar refractivity (Wildman–Crippen MR) is 90.1 cm³/mol. The van der Waals surface area contributed by atoms with Gasteiger partial charge in [0.25, 0.3) is 0 Å². The molecular formula is C17H26ClNO3. The summed E-state index contributed by atoms with van der Waals surface area (Å²) in [5, 5.41) is 9.08. The third kappa shape index (κ3) is 5.85. The number of aryl methyl sites for hydroxylation is 2. The average molecular weight is 328 g/mol. The highest BCUT2D eigenvalue weighted by atomic mass is 35.5. The summed E-state index contributed by atoms with van der Waals surface area (Å²) < 4.78 is 5.79. The van der Waals surface area contributed by atoms with Crippen LogP contribution in [0.15, 0.2) is 18.2 Å². The van der Waals surface area contributed by atoms with E-state index >= 15 is 0 Å². The Morgan fingerprint density at radius 2 is 2.00 bits per heavy atom. The molecule has 0 aromatic heterocycles. The molecule has 0 aliphatic carbocycles. The fourth-order valence-electron chi connectivity index (χ4n) is 2.95. The van der Waals surface area contributed by atoms with Crippen molar-refractivity contribution in [1.82, 2.24) is 4.90 Å². The molecule has 1 N–H and O–H groups in total. The first kappa shape index (κ1) is 18.8. The standard InChI is InChI=1S/C17H25NO3.ClH/c1-13-9-14(2)11-16(10-13)21-8-4-7-18-6-3-5-15(12-18)17(19)20;/h9-11,15H,3-8,12H2,1-2H3,(H,19,20);1H. The summed E-state index contributed by atoms with van der Waals surface area (Å²) in [6.07, 6.45) is 2.72. The zero-order chi connectivity index (χ0) is 15.2. The Kier molecular flexibility index (Phi) is 7.69. The van der Waals surface area contributed by atoms with Crippen molar-refractivity contribution in [3.63, 3.8) is 0 Å². The number of rotatable bonds is 6. The molecule has 1 heterocycles. The number of carboxylic acid groups (broad SMARTS) is 1. The van der Waals surface area contributed by atoms with Crippen LogP contribution in [0.1, 0.15) is 30.4 Å². The van der Waals surface area contributed by atoms with Crippen LogP contribution in [0.4, 0.5) is 0 Å². The highest BCUT2D eigenvalue weighted by Crippen LogP contribution is 2.18. The van der Waals surface area contributed by atoms with E-state index in [-0.39, 0.29) is 18.3 Å². The molecule has 1 aromatic rings. The number of likely N-dealkylation sites (tertiary alicyclic amines) is 1. The van der Waals surface area contributed by atoms with Crippen molar-refractivity contribution in [2.45, 2.75) is 33.1 Å². The van der Waals surface area contributed by atoms with E-state index in [1.165, 1.54) is 11.1 Å². The number of carbonyl (C=O) groups is 1. The van der Waals surface area contributed by atoms with Gasteiger partial charge < -0.3 is 14.7 Å². The van der Waals surface area contributed by atoms with Crippen molar-refractivity contribution >= 4 is 18.4 Å². The van der Waals surface area contributed by atoms with E-state index in [9.17, 15) is 4.79 Å². The third-order valence-electron chi connectivity index (χ3n) is 3.94. The topological polar surface area (TPSA) is 49.8 Å². The number of ether oxygens (including phenoxy) is 1. The lowest BCUT2D eigenvalue weighted by atomic mass is 9.98. The van der Waals surface area contributed by atoms with E-state index in [0.717, 1.165) is 38.1 Å². The SMILES string of the molecule is Cc1cc(C)cc(OCCCN2CCCC(C(=O)O)C2)c1.Cl. The predicted octanol–water partition coefficient (Wildman–Crippen LogP) is 3.29. The minimum Gasteiger partial charge on any atom is -0.494 e. The van der Waals surface area contributed by atoms with Crippen LogP contribution < -0.4 is 4.74 Å². The third-order valence-corrected chi connectivity index (χ3v) is 3.94. The average Bonchev–Trinajstić information content (AvgIpc) is 2.43. The molecule has 1 atom stereocenters. The van der Waals surface area contributed by atoms with Crippen LogP contribution in [0.3, 0.4) is 0 Å². The molecule has 0 spiro atoms. The fraction of sp³-hybridized carbons (Fsp3) is 0.588. The second-order valence-corrected chi connectivity index (χ2v) is 6.00. The Hall–Kier alpha value is -1.26. The maximum Gasteiger partial charge on any atom is 0.307 e. The fourth-order valence-corrected chi connectivity index (χ4v) is 2.95. The normalized spacial score (nSPS) is 18.5. The van der Waals surface area contributed by atoms with Gasteiger partial charge in [0, 0.05) is 13.1 Å². The largest absolute Gasteiger partial charge is 0.494 e. The van der Waals surface area contributed by atoms with Crippen LogP contribution in [-0.2, 0) is 4.79 Å². The van der Waals surface area contributed by atoms with Crippen LogP contribution >= 0.6 is 12.4 Å². The Bertz CT molecular complexity index is 473. The second-order valence-electron chi connectivity index (χ2n) is 6.00. The number of benzene rings is 1. The van der Waals surface area contributed by atoms with Gasteiger partial charge in [-0.1, -0.05) is 6.07 Å². The summed E-state index contributed by atoms with van der Waals surface area (Å²) in [6.45, 7) is 7.41. The lowest BCUT2D eigenvalue weighted by Crippen LogP contribution is -2.39. The van der Waals surface area contributed by atoms with Gasteiger partial charge in [0.05, 0.1) is 12.5 Å². The number of halogens is 1. The van der Waals surface area contributed by atoms with Crippen molar-refractivity contribution in [1.29, 1.82) is 0 Å². The molecule has 22 heavy (non-hydrogen) atoms. The smallest absolute Gasteiger partial charge is 0.307 e. The van der Waals surface area contributed by atoms with Crippen LogP contribution in [0.2, 0.25) is 0 Å². The number of hydrogen-bond donors (Lipinski definition) is 1. The molecular weight excluding hydrogens is 302 g/mol. The molecule has 1 saturated heterocycles. The summed E-state index contributed by atoms with van der Waals surface area (Å²) in [5.74, 6) is 0.0693. The maximum absolute atomic E-state index is 11.0. The van der Waals surface area contributed by atoms with Crippen LogP contribution in [-0.4, -0.2) is 42.2 Å². The van der Waals surface area contributed by atoms with Crippen molar-refractivity contribution < 1.29 is 14.6 Å². The Morgan fingerprint density at radius 1 is 1.32 bits per heavy atom. The van der Waals surface area contributed by atoms with Crippen molar-refractivity contribution in [2.75, 3.05) is 26.2 Å². The van der Waals surface area contributed by atoms with Gasteiger partial charge in [-0.05, 0) is 62.9 Å². The molecule has 1 aliphatic heterocycles. The summed E-state index contributed by atoms with van der Waals surface area (Å²) in [4.78, 5) is 13.3. The van der Waals surface area contributed by atoms with E-state index in [4.69, 9.17) is 9.84 Å². The maximum atomic E-state index is 11.0. The minimum absolute atomic E-state index is 0. The Labute approximate surface area is 138 Å².